The van der Waals surface area contributed by atoms with Crippen molar-refractivity contribution in [3.63, 3.8) is 0 Å². The van der Waals surface area contributed by atoms with E-state index in [1.807, 2.05) is 12.1 Å². The molecule has 0 aliphatic heterocycles. The maximum Gasteiger partial charge on any atom is 0.0542 e. The van der Waals surface area contributed by atoms with Gasteiger partial charge in [-0.3, -0.25) is 0 Å². The van der Waals surface area contributed by atoms with Gasteiger partial charge in [0.1, 0.15) is 0 Å². The zero-order chi connectivity index (χ0) is 12.1. The Morgan fingerprint density at radius 3 is 2.44 bits per heavy atom. The van der Waals surface area contributed by atoms with Crippen molar-refractivity contribution in [2.45, 2.75) is 39.2 Å². The summed E-state index contributed by atoms with van der Waals surface area (Å²) < 4.78 is 1.08. The lowest BCUT2D eigenvalue weighted by molar-refractivity contribution is 0.414. The van der Waals surface area contributed by atoms with E-state index in [2.05, 4.69) is 42.5 Å². The highest BCUT2D eigenvalue weighted by Crippen LogP contribution is 2.27. The van der Waals surface area contributed by atoms with Crippen molar-refractivity contribution in [2.24, 2.45) is 11.7 Å². The molecule has 0 aliphatic carbocycles. The minimum atomic E-state index is 0.111. The number of hydrogen-bond donors (Lipinski definition) is 1. The van der Waals surface area contributed by atoms with Crippen LogP contribution in [0.1, 0.15) is 44.7 Å². The Bertz CT molecular complexity index is 337. The maximum absolute atomic E-state index is 6.20. The molecule has 1 atom stereocenters. The lowest BCUT2D eigenvalue weighted by Gasteiger charge is -2.18. The Balaban J connectivity index is 2.72. The fraction of sp³-hybridized carbons (Fsp3) is 0.538. The SMILES string of the molecule is CCC(CC)CC(N)c1ccc(I)c(Cl)c1. The second-order valence-corrected chi connectivity index (χ2v) is 5.77. The first-order chi connectivity index (χ1) is 7.58. The third-order valence-electron chi connectivity index (χ3n) is 3.11. The van der Waals surface area contributed by atoms with E-state index in [0.717, 1.165) is 20.6 Å². The normalized spacial score (nSPS) is 13.1. The third kappa shape index (κ3) is 3.90. The lowest BCUT2D eigenvalue weighted by atomic mass is 9.92. The van der Waals surface area contributed by atoms with Gasteiger partial charge in [-0.1, -0.05) is 44.4 Å². The van der Waals surface area contributed by atoms with Crippen molar-refractivity contribution in [3.8, 4) is 0 Å². The summed E-state index contributed by atoms with van der Waals surface area (Å²) in [5.74, 6) is 0.716. The molecule has 0 radical (unpaired) electrons. The molecule has 0 aromatic heterocycles. The topological polar surface area (TPSA) is 26.0 Å². The van der Waals surface area contributed by atoms with Crippen LogP contribution in [-0.4, -0.2) is 0 Å². The molecule has 0 bridgehead atoms. The Morgan fingerprint density at radius 1 is 1.31 bits per heavy atom. The second-order valence-electron chi connectivity index (χ2n) is 4.20. The second kappa shape index (κ2) is 6.82. The van der Waals surface area contributed by atoms with Gasteiger partial charge in [0.05, 0.1) is 5.02 Å². The van der Waals surface area contributed by atoms with Crippen LogP contribution < -0.4 is 5.73 Å². The first-order valence-corrected chi connectivity index (χ1v) is 7.24. The molecule has 0 saturated heterocycles. The summed E-state index contributed by atoms with van der Waals surface area (Å²) >= 11 is 8.33. The molecular weight excluding hydrogens is 333 g/mol. The van der Waals surface area contributed by atoms with Crippen molar-refractivity contribution in [1.29, 1.82) is 0 Å². The predicted molar refractivity (Wildman–Crippen MR) is 79.8 cm³/mol. The molecule has 90 valence electrons. The van der Waals surface area contributed by atoms with E-state index in [0.29, 0.717) is 5.92 Å². The van der Waals surface area contributed by atoms with Crippen LogP contribution in [0.25, 0.3) is 0 Å². The van der Waals surface area contributed by atoms with E-state index in [1.54, 1.807) is 0 Å². The Labute approximate surface area is 117 Å². The molecule has 0 saturated carbocycles. The molecule has 3 heteroatoms. The molecule has 1 unspecified atom stereocenters. The van der Waals surface area contributed by atoms with Crippen LogP contribution in [-0.2, 0) is 0 Å². The highest BCUT2D eigenvalue weighted by Gasteiger charge is 2.13. The van der Waals surface area contributed by atoms with Crippen LogP contribution in [0.2, 0.25) is 5.02 Å². The van der Waals surface area contributed by atoms with E-state index < -0.39 is 0 Å². The van der Waals surface area contributed by atoms with E-state index in [1.165, 1.54) is 12.8 Å². The number of benzene rings is 1. The largest absolute Gasteiger partial charge is 0.324 e. The van der Waals surface area contributed by atoms with Gasteiger partial charge in [0.15, 0.2) is 0 Å². The molecule has 16 heavy (non-hydrogen) atoms. The first kappa shape index (κ1) is 14.3. The summed E-state index contributed by atoms with van der Waals surface area (Å²) in [6.07, 6.45) is 3.44. The van der Waals surface area contributed by atoms with E-state index >= 15 is 0 Å². The Morgan fingerprint density at radius 2 is 1.94 bits per heavy atom. The molecule has 1 nitrogen and oxygen atoms in total. The van der Waals surface area contributed by atoms with Gasteiger partial charge in [-0.15, -0.1) is 0 Å². The molecule has 0 aliphatic rings. The molecule has 1 aromatic rings. The third-order valence-corrected chi connectivity index (χ3v) is 4.69. The minimum absolute atomic E-state index is 0.111. The highest BCUT2D eigenvalue weighted by molar-refractivity contribution is 14.1. The zero-order valence-corrected chi connectivity index (χ0v) is 12.8. The molecular formula is C13H19ClIN. The molecule has 1 aromatic carbocycles. The Kier molecular flexibility index (Phi) is 6.08. The molecule has 0 amide bonds. The summed E-state index contributed by atoms with van der Waals surface area (Å²) in [5, 5.41) is 0.804. The van der Waals surface area contributed by atoms with Gasteiger partial charge in [-0.05, 0) is 52.6 Å². The monoisotopic (exact) mass is 351 g/mol. The summed E-state index contributed by atoms with van der Waals surface area (Å²) in [6, 6.07) is 6.22. The number of halogens is 2. The molecule has 0 heterocycles. The summed E-state index contributed by atoms with van der Waals surface area (Å²) in [5.41, 5.74) is 7.36. The summed E-state index contributed by atoms with van der Waals surface area (Å²) in [7, 11) is 0. The number of nitrogens with two attached hydrogens (primary N) is 1. The zero-order valence-electron chi connectivity index (χ0n) is 9.84. The van der Waals surface area contributed by atoms with E-state index in [9.17, 15) is 0 Å². The molecule has 0 fully saturated rings. The highest BCUT2D eigenvalue weighted by atomic mass is 127. The van der Waals surface area contributed by atoms with Crippen LogP contribution in [0.3, 0.4) is 0 Å². The van der Waals surface area contributed by atoms with Gasteiger partial charge in [-0.2, -0.15) is 0 Å². The summed E-state index contributed by atoms with van der Waals surface area (Å²) in [4.78, 5) is 0. The standard InChI is InChI=1S/C13H19ClIN/c1-3-9(4-2)7-13(16)10-5-6-12(15)11(14)8-10/h5-6,8-9,13H,3-4,7,16H2,1-2H3. The molecule has 0 spiro atoms. The summed E-state index contributed by atoms with van der Waals surface area (Å²) in [6.45, 7) is 4.45. The smallest absolute Gasteiger partial charge is 0.0542 e. The Hall–Kier alpha value is 0.200. The predicted octanol–water partition coefficient (Wildman–Crippen LogP) is 4.77. The van der Waals surface area contributed by atoms with Crippen molar-refractivity contribution < 1.29 is 0 Å². The number of rotatable bonds is 5. The fourth-order valence-corrected chi connectivity index (χ4v) is 2.38. The van der Waals surface area contributed by atoms with Crippen molar-refractivity contribution >= 4 is 34.2 Å². The van der Waals surface area contributed by atoms with Gasteiger partial charge >= 0.3 is 0 Å². The lowest BCUT2D eigenvalue weighted by Crippen LogP contribution is -2.15. The van der Waals surface area contributed by atoms with Crippen molar-refractivity contribution in [3.05, 3.63) is 32.4 Å². The first-order valence-electron chi connectivity index (χ1n) is 5.79. The van der Waals surface area contributed by atoms with Gasteiger partial charge in [0.2, 0.25) is 0 Å². The quantitative estimate of drug-likeness (QED) is 0.760. The average Bonchev–Trinajstić information content (AvgIpc) is 2.29. The fourth-order valence-electron chi connectivity index (χ4n) is 1.86. The van der Waals surface area contributed by atoms with Crippen LogP contribution >= 0.6 is 34.2 Å². The van der Waals surface area contributed by atoms with E-state index in [4.69, 9.17) is 17.3 Å². The average molecular weight is 352 g/mol. The van der Waals surface area contributed by atoms with Crippen LogP contribution in [0.15, 0.2) is 18.2 Å². The number of hydrogen-bond acceptors (Lipinski definition) is 1. The van der Waals surface area contributed by atoms with Crippen molar-refractivity contribution in [2.75, 3.05) is 0 Å². The van der Waals surface area contributed by atoms with Crippen LogP contribution in [0, 0.1) is 9.49 Å². The van der Waals surface area contributed by atoms with Gasteiger partial charge in [0.25, 0.3) is 0 Å². The van der Waals surface area contributed by atoms with Gasteiger partial charge in [0, 0.05) is 9.61 Å². The van der Waals surface area contributed by atoms with Crippen molar-refractivity contribution in [1.82, 2.24) is 0 Å². The van der Waals surface area contributed by atoms with Crippen LogP contribution in [0.4, 0.5) is 0 Å². The van der Waals surface area contributed by atoms with Gasteiger partial charge < -0.3 is 5.73 Å². The molecule has 2 N–H and O–H groups in total. The minimum Gasteiger partial charge on any atom is -0.324 e. The maximum atomic E-state index is 6.20. The van der Waals surface area contributed by atoms with Gasteiger partial charge in [-0.25, -0.2) is 0 Å². The van der Waals surface area contributed by atoms with Crippen LogP contribution in [0.5, 0.6) is 0 Å². The van der Waals surface area contributed by atoms with E-state index in [-0.39, 0.29) is 6.04 Å². The molecule has 1 rings (SSSR count).